The number of rotatable bonds is 4. The molecule has 0 aliphatic carbocycles. The minimum atomic E-state index is -1.03. The van der Waals surface area contributed by atoms with Crippen LogP contribution in [0.1, 0.15) is 30.7 Å². The maximum atomic E-state index is 12.5. The molecule has 2 aliphatic heterocycles. The lowest BCUT2D eigenvalue weighted by Crippen LogP contribution is -2.70. The molecule has 8 nitrogen and oxygen atoms in total. The highest BCUT2D eigenvalue weighted by molar-refractivity contribution is 8.01. The maximum absolute atomic E-state index is 12.5. The number of carbonyl (C=O) groups is 3. The maximum Gasteiger partial charge on any atom is 0.327 e. The van der Waals surface area contributed by atoms with E-state index in [0.717, 1.165) is 16.5 Å². The second-order valence-electron chi connectivity index (χ2n) is 7.88. The van der Waals surface area contributed by atoms with E-state index >= 15 is 0 Å². The second-order valence-corrected chi connectivity index (χ2v) is 9.65. The lowest BCUT2D eigenvalue weighted by molar-refractivity contribution is -0.161. The van der Waals surface area contributed by atoms with Gasteiger partial charge in [-0.15, -0.1) is 11.8 Å². The molecular weight excluding hydrogens is 382 g/mol. The zero-order valence-electron chi connectivity index (χ0n) is 16.0. The number of amides is 2. The van der Waals surface area contributed by atoms with E-state index in [-0.39, 0.29) is 23.6 Å². The first-order valence-electron chi connectivity index (χ1n) is 8.98. The summed E-state index contributed by atoms with van der Waals surface area (Å²) in [4.78, 5) is 37.9. The normalized spacial score (nSPS) is 25.5. The molecule has 4 rings (SSSR count). The van der Waals surface area contributed by atoms with E-state index in [1.54, 1.807) is 13.8 Å². The van der Waals surface area contributed by atoms with Gasteiger partial charge in [0.25, 0.3) is 0 Å². The summed E-state index contributed by atoms with van der Waals surface area (Å²) in [5.74, 6) is -1.73. The van der Waals surface area contributed by atoms with Crippen LogP contribution in [0.3, 0.4) is 0 Å². The smallest absolute Gasteiger partial charge is 0.327 e. The van der Waals surface area contributed by atoms with Gasteiger partial charge in [-0.05, 0) is 51.0 Å². The highest BCUT2D eigenvalue weighted by atomic mass is 32.2. The number of benzene rings is 1. The number of thioether (sulfide) groups is 1. The van der Waals surface area contributed by atoms with Crippen LogP contribution in [-0.2, 0) is 20.8 Å². The molecule has 148 valence electrons. The number of hydrogen-bond acceptors (Lipinski definition) is 6. The Morgan fingerprint density at radius 2 is 2.00 bits per heavy atom. The minimum absolute atomic E-state index is 0.0115. The Bertz CT molecular complexity index is 1010. The fourth-order valence-corrected chi connectivity index (χ4v) is 5.52. The summed E-state index contributed by atoms with van der Waals surface area (Å²) < 4.78 is 4.69. The molecule has 2 N–H and O–H groups in total. The van der Waals surface area contributed by atoms with Gasteiger partial charge >= 0.3 is 5.97 Å². The predicted molar refractivity (Wildman–Crippen MR) is 103 cm³/mol. The Hall–Kier alpha value is -2.55. The topological polar surface area (TPSA) is 113 Å². The summed E-state index contributed by atoms with van der Waals surface area (Å²) in [5, 5.41) is 16.6. The fraction of sp³-hybridized carbons (Fsp3) is 0.474. The van der Waals surface area contributed by atoms with E-state index in [1.807, 2.05) is 26.0 Å². The molecule has 28 heavy (non-hydrogen) atoms. The lowest BCUT2D eigenvalue weighted by Gasteiger charge is -2.43. The minimum Gasteiger partial charge on any atom is -0.480 e. The van der Waals surface area contributed by atoms with Gasteiger partial charge in [0.1, 0.15) is 23.2 Å². The number of nitrogens with zero attached hydrogens (tertiary/aromatic N) is 2. The number of hydrogen-bond donors (Lipinski definition) is 2. The SMILES string of the molecule is Cc1cc2onc(CC(=O)N[C@@H]3C(=O)N4[C@@H]3SC(C)(C)[C@@H]4C(=O)O)c2cc1C. The van der Waals surface area contributed by atoms with Crippen molar-refractivity contribution >= 4 is 40.5 Å². The van der Waals surface area contributed by atoms with Crippen molar-refractivity contribution in [2.24, 2.45) is 0 Å². The lowest BCUT2D eigenvalue weighted by atomic mass is 9.96. The number of aromatic nitrogens is 1. The van der Waals surface area contributed by atoms with Gasteiger partial charge in [0.2, 0.25) is 11.8 Å². The third-order valence-corrected chi connectivity index (χ3v) is 7.05. The Labute approximate surface area is 165 Å². The van der Waals surface area contributed by atoms with Gasteiger partial charge in [-0.1, -0.05) is 5.16 Å². The molecule has 0 spiro atoms. The molecule has 2 aromatic rings. The van der Waals surface area contributed by atoms with Gasteiger partial charge in [-0.25, -0.2) is 4.79 Å². The molecule has 0 radical (unpaired) electrons. The molecule has 0 saturated carbocycles. The molecule has 0 unspecified atom stereocenters. The van der Waals surface area contributed by atoms with Gasteiger partial charge in [0, 0.05) is 10.1 Å². The van der Waals surface area contributed by atoms with Crippen LogP contribution in [-0.4, -0.2) is 55.2 Å². The highest BCUT2D eigenvalue weighted by Gasteiger charge is 2.64. The van der Waals surface area contributed by atoms with Crippen molar-refractivity contribution in [2.45, 2.75) is 56.3 Å². The molecular formula is C19H21N3O5S. The molecule has 9 heteroatoms. The van der Waals surface area contributed by atoms with Crippen LogP contribution in [0.5, 0.6) is 0 Å². The van der Waals surface area contributed by atoms with Gasteiger partial charge in [-0.3, -0.25) is 9.59 Å². The van der Waals surface area contributed by atoms with Crippen LogP contribution >= 0.6 is 11.8 Å². The second kappa shape index (κ2) is 6.23. The average molecular weight is 403 g/mol. The van der Waals surface area contributed by atoms with E-state index in [2.05, 4.69) is 10.5 Å². The van der Waals surface area contributed by atoms with Gasteiger partial charge in [0.15, 0.2) is 5.58 Å². The molecule has 1 aromatic heterocycles. The van der Waals surface area contributed by atoms with E-state index in [1.165, 1.54) is 16.7 Å². The zero-order chi connectivity index (χ0) is 20.4. The van der Waals surface area contributed by atoms with Crippen LogP contribution in [0, 0.1) is 13.8 Å². The van der Waals surface area contributed by atoms with E-state index in [4.69, 9.17) is 4.52 Å². The summed E-state index contributed by atoms with van der Waals surface area (Å²) in [6, 6.07) is 2.21. The van der Waals surface area contributed by atoms with Gasteiger partial charge in [-0.2, -0.15) is 0 Å². The molecule has 3 heterocycles. The Morgan fingerprint density at radius 1 is 1.32 bits per heavy atom. The molecule has 1 aromatic carbocycles. The zero-order valence-corrected chi connectivity index (χ0v) is 16.8. The van der Waals surface area contributed by atoms with Crippen molar-refractivity contribution in [1.29, 1.82) is 0 Å². The monoisotopic (exact) mass is 403 g/mol. The van der Waals surface area contributed by atoms with Crippen LogP contribution < -0.4 is 5.32 Å². The first kappa shape index (κ1) is 18.8. The molecule has 0 bridgehead atoms. The predicted octanol–water partition coefficient (Wildman–Crippen LogP) is 1.62. The number of aliphatic carboxylic acids is 1. The fourth-order valence-electron chi connectivity index (χ4n) is 3.89. The Morgan fingerprint density at radius 3 is 2.68 bits per heavy atom. The first-order chi connectivity index (χ1) is 13.1. The van der Waals surface area contributed by atoms with Crippen molar-refractivity contribution in [3.05, 3.63) is 29.0 Å². The first-order valence-corrected chi connectivity index (χ1v) is 9.86. The number of aryl methyl sites for hydroxylation is 2. The van der Waals surface area contributed by atoms with Crippen LogP contribution in [0.2, 0.25) is 0 Å². The van der Waals surface area contributed by atoms with Crippen molar-refractivity contribution in [3.63, 3.8) is 0 Å². The van der Waals surface area contributed by atoms with E-state index in [0.29, 0.717) is 11.3 Å². The van der Waals surface area contributed by atoms with Gasteiger partial charge in [0.05, 0.1) is 6.42 Å². The Kier molecular flexibility index (Phi) is 4.18. The van der Waals surface area contributed by atoms with Crippen LogP contribution in [0.15, 0.2) is 16.7 Å². The van der Waals surface area contributed by atoms with Crippen LogP contribution in [0.4, 0.5) is 0 Å². The van der Waals surface area contributed by atoms with E-state index < -0.39 is 22.8 Å². The molecule has 2 amide bonds. The number of carboxylic acids is 1. The summed E-state index contributed by atoms with van der Waals surface area (Å²) in [6.07, 6.45) is -0.0115. The molecule has 2 saturated heterocycles. The van der Waals surface area contributed by atoms with Crippen molar-refractivity contribution < 1.29 is 24.0 Å². The van der Waals surface area contributed by atoms with E-state index in [9.17, 15) is 19.5 Å². The number of nitrogens with one attached hydrogen (secondary N) is 1. The van der Waals surface area contributed by atoms with Gasteiger partial charge < -0.3 is 19.8 Å². The summed E-state index contributed by atoms with van der Waals surface area (Å²) in [5.41, 5.74) is 3.29. The average Bonchev–Trinajstić information content (AvgIpc) is 3.09. The summed E-state index contributed by atoms with van der Waals surface area (Å²) in [7, 11) is 0. The number of carbonyl (C=O) groups excluding carboxylic acids is 2. The standard InChI is InChI=1S/C19H21N3O5S/c1-8-5-10-11(21-27-12(10)6-9(8)2)7-13(23)20-14-16(24)22-15(18(25)26)19(3,4)28-17(14)22/h5-6,14-15,17H,7H2,1-4H3,(H,20,23)(H,25,26)/t14-,15+,17-/m1/s1. The summed E-state index contributed by atoms with van der Waals surface area (Å²) >= 11 is 1.40. The molecule has 2 aliphatic rings. The van der Waals surface area contributed by atoms with Crippen molar-refractivity contribution in [1.82, 2.24) is 15.4 Å². The third kappa shape index (κ3) is 2.76. The largest absolute Gasteiger partial charge is 0.480 e. The molecule has 2 fully saturated rings. The molecule has 3 atom stereocenters. The number of fused-ring (bicyclic) bond motifs is 2. The quantitative estimate of drug-likeness (QED) is 0.746. The highest BCUT2D eigenvalue weighted by Crippen LogP contribution is 2.50. The third-order valence-electron chi connectivity index (χ3n) is 5.48. The summed E-state index contributed by atoms with van der Waals surface area (Å²) in [6.45, 7) is 7.55. The Balaban J connectivity index is 1.48. The van der Waals surface area contributed by atoms with Crippen LogP contribution in [0.25, 0.3) is 11.0 Å². The number of β-lactam (4-membered cyclic amide) rings is 1. The number of carboxylic acid groups (broad SMARTS) is 1. The van der Waals surface area contributed by atoms with Crippen molar-refractivity contribution in [2.75, 3.05) is 0 Å². The van der Waals surface area contributed by atoms with Crippen molar-refractivity contribution in [3.8, 4) is 0 Å².